The summed E-state index contributed by atoms with van der Waals surface area (Å²) < 4.78 is 25.4. The smallest absolute Gasteiger partial charge is 0.133 e. The van der Waals surface area contributed by atoms with Gasteiger partial charge in [-0.25, -0.2) is 4.39 Å². The number of unbranched alkanes of at least 4 members (excludes halogenated alkanes) is 1. The predicted octanol–water partition coefficient (Wildman–Crippen LogP) is 4.62. The maximum absolute atomic E-state index is 14.2. The van der Waals surface area contributed by atoms with Crippen LogP contribution in [0, 0.1) is 11.7 Å². The lowest BCUT2D eigenvalue weighted by atomic mass is 9.74. The summed E-state index contributed by atoms with van der Waals surface area (Å²) in [5, 5.41) is 15.2. The molecule has 3 rings (SSSR count). The third-order valence-electron chi connectivity index (χ3n) is 5.51. The van der Waals surface area contributed by atoms with Crippen molar-refractivity contribution in [1.29, 1.82) is 0 Å². The Labute approximate surface area is 166 Å². The SMILES string of the molecule is COCCCC[C@@](O)(c1cc(F)ccc1Oc1ccccc1)[C@@H]1CCCNC1. The maximum Gasteiger partial charge on any atom is 0.133 e. The van der Waals surface area contributed by atoms with E-state index in [0.717, 1.165) is 32.2 Å². The molecule has 0 spiro atoms. The summed E-state index contributed by atoms with van der Waals surface area (Å²) in [5.41, 5.74) is -0.629. The average Bonchev–Trinajstić information content (AvgIpc) is 2.74. The number of para-hydroxylation sites is 1. The van der Waals surface area contributed by atoms with E-state index in [-0.39, 0.29) is 11.7 Å². The molecule has 1 saturated heterocycles. The molecule has 0 radical (unpaired) electrons. The Bertz CT molecular complexity index is 734. The number of halogens is 1. The third kappa shape index (κ3) is 5.10. The fourth-order valence-electron chi connectivity index (χ4n) is 4.00. The van der Waals surface area contributed by atoms with Crippen LogP contribution in [0.1, 0.15) is 37.7 Å². The molecule has 0 bridgehead atoms. The monoisotopic (exact) mass is 387 g/mol. The molecule has 1 fully saturated rings. The van der Waals surface area contributed by atoms with Crippen molar-refractivity contribution in [3.63, 3.8) is 0 Å². The van der Waals surface area contributed by atoms with Crippen LogP contribution in [0.25, 0.3) is 0 Å². The molecule has 0 amide bonds. The van der Waals surface area contributed by atoms with E-state index in [1.807, 2.05) is 30.3 Å². The van der Waals surface area contributed by atoms with E-state index >= 15 is 0 Å². The van der Waals surface area contributed by atoms with Gasteiger partial charge in [-0.2, -0.15) is 0 Å². The molecular formula is C23H30FNO3. The van der Waals surface area contributed by atoms with Crippen LogP contribution in [0.4, 0.5) is 4.39 Å². The highest BCUT2D eigenvalue weighted by Gasteiger charge is 2.41. The first-order valence-corrected chi connectivity index (χ1v) is 10.1. The number of ether oxygens (including phenoxy) is 2. The highest BCUT2D eigenvalue weighted by atomic mass is 19.1. The van der Waals surface area contributed by atoms with Gasteiger partial charge in [-0.15, -0.1) is 0 Å². The van der Waals surface area contributed by atoms with Gasteiger partial charge in [0.2, 0.25) is 0 Å². The minimum absolute atomic E-state index is 0.00344. The highest BCUT2D eigenvalue weighted by molar-refractivity contribution is 5.42. The fraction of sp³-hybridized carbons (Fsp3) is 0.478. The summed E-state index contributed by atoms with van der Waals surface area (Å²) in [6.45, 7) is 2.31. The summed E-state index contributed by atoms with van der Waals surface area (Å²) in [4.78, 5) is 0. The van der Waals surface area contributed by atoms with Gasteiger partial charge >= 0.3 is 0 Å². The van der Waals surface area contributed by atoms with Crippen molar-refractivity contribution >= 4 is 0 Å². The number of piperidine rings is 1. The molecule has 4 nitrogen and oxygen atoms in total. The van der Waals surface area contributed by atoms with E-state index in [9.17, 15) is 9.50 Å². The summed E-state index contributed by atoms with van der Waals surface area (Å²) in [5.74, 6) is 0.810. The molecule has 152 valence electrons. The first-order valence-electron chi connectivity index (χ1n) is 10.1. The Morgan fingerprint density at radius 2 is 2.00 bits per heavy atom. The van der Waals surface area contributed by atoms with Gasteiger partial charge in [-0.05, 0) is 69.0 Å². The van der Waals surface area contributed by atoms with E-state index in [1.165, 1.54) is 12.1 Å². The van der Waals surface area contributed by atoms with E-state index in [2.05, 4.69) is 5.32 Å². The van der Waals surface area contributed by atoms with Gasteiger partial charge in [0, 0.05) is 31.7 Å². The summed E-state index contributed by atoms with van der Waals surface area (Å²) in [6, 6.07) is 13.8. The second-order valence-electron chi connectivity index (χ2n) is 7.47. The number of aliphatic hydroxyl groups is 1. The van der Waals surface area contributed by atoms with Crippen molar-refractivity contribution in [2.75, 3.05) is 26.8 Å². The first-order chi connectivity index (χ1) is 13.6. The van der Waals surface area contributed by atoms with Gasteiger partial charge < -0.3 is 19.9 Å². The molecule has 0 aliphatic carbocycles. The summed E-state index contributed by atoms with van der Waals surface area (Å²) in [6.07, 6.45) is 4.08. The Hall–Kier alpha value is -1.95. The largest absolute Gasteiger partial charge is 0.457 e. The van der Waals surface area contributed by atoms with Crippen LogP contribution in [0.3, 0.4) is 0 Å². The minimum Gasteiger partial charge on any atom is -0.457 e. The van der Waals surface area contributed by atoms with Crippen LogP contribution < -0.4 is 10.1 Å². The molecule has 2 N–H and O–H groups in total. The molecule has 5 heteroatoms. The molecule has 0 saturated carbocycles. The molecule has 2 aromatic rings. The van der Waals surface area contributed by atoms with Gasteiger partial charge in [-0.3, -0.25) is 0 Å². The molecule has 2 aromatic carbocycles. The van der Waals surface area contributed by atoms with Crippen LogP contribution in [-0.2, 0) is 10.3 Å². The zero-order valence-corrected chi connectivity index (χ0v) is 16.5. The van der Waals surface area contributed by atoms with Crippen molar-refractivity contribution in [2.45, 2.75) is 37.7 Å². The lowest BCUT2D eigenvalue weighted by Crippen LogP contribution is -2.44. The zero-order valence-electron chi connectivity index (χ0n) is 16.5. The van der Waals surface area contributed by atoms with Gasteiger partial charge in [0.15, 0.2) is 0 Å². The molecule has 2 atom stereocenters. The number of rotatable bonds is 9. The van der Waals surface area contributed by atoms with Crippen molar-refractivity contribution < 1.29 is 19.0 Å². The van der Waals surface area contributed by atoms with Crippen LogP contribution >= 0.6 is 0 Å². The number of hydrogen-bond acceptors (Lipinski definition) is 4. The quantitative estimate of drug-likeness (QED) is 0.617. The van der Waals surface area contributed by atoms with Crippen molar-refractivity contribution in [1.82, 2.24) is 5.32 Å². The van der Waals surface area contributed by atoms with Gasteiger partial charge in [0.1, 0.15) is 17.3 Å². The van der Waals surface area contributed by atoms with E-state index in [0.29, 0.717) is 36.6 Å². The molecule has 1 aliphatic rings. The normalized spacial score (nSPS) is 19.2. The van der Waals surface area contributed by atoms with E-state index in [1.54, 1.807) is 13.2 Å². The van der Waals surface area contributed by atoms with Crippen molar-refractivity contribution in [3.05, 3.63) is 59.9 Å². The molecular weight excluding hydrogens is 357 g/mol. The lowest BCUT2D eigenvalue weighted by molar-refractivity contribution is -0.0449. The number of benzene rings is 2. The highest BCUT2D eigenvalue weighted by Crippen LogP contribution is 2.43. The third-order valence-corrected chi connectivity index (χ3v) is 5.51. The maximum atomic E-state index is 14.2. The van der Waals surface area contributed by atoms with Gasteiger partial charge in [0.25, 0.3) is 0 Å². The fourth-order valence-corrected chi connectivity index (χ4v) is 4.00. The van der Waals surface area contributed by atoms with Crippen LogP contribution in [0.15, 0.2) is 48.5 Å². The number of hydrogen-bond donors (Lipinski definition) is 2. The standard InChI is InChI=1S/C23H30FNO3/c1-27-15-6-5-13-23(26,18-8-7-14-25-17-18)21-16-19(24)11-12-22(21)28-20-9-3-2-4-10-20/h2-4,9-12,16,18,25-26H,5-8,13-15,17H2,1H3/t18-,23+/m1/s1. The Balaban J connectivity index is 1.94. The number of nitrogens with one attached hydrogen (secondary N) is 1. The predicted molar refractivity (Wildman–Crippen MR) is 108 cm³/mol. The van der Waals surface area contributed by atoms with E-state index in [4.69, 9.17) is 9.47 Å². The molecule has 1 heterocycles. The number of methoxy groups -OCH3 is 1. The van der Waals surface area contributed by atoms with Gasteiger partial charge in [0.05, 0.1) is 5.60 Å². The summed E-state index contributed by atoms with van der Waals surface area (Å²) in [7, 11) is 1.68. The zero-order chi connectivity index (χ0) is 19.8. The van der Waals surface area contributed by atoms with Crippen molar-refractivity contribution in [2.24, 2.45) is 5.92 Å². The van der Waals surface area contributed by atoms with Gasteiger partial charge in [-0.1, -0.05) is 18.2 Å². The van der Waals surface area contributed by atoms with Crippen LogP contribution in [-0.4, -0.2) is 31.9 Å². The topological polar surface area (TPSA) is 50.7 Å². The molecule has 0 aromatic heterocycles. The second-order valence-corrected chi connectivity index (χ2v) is 7.47. The van der Waals surface area contributed by atoms with Crippen LogP contribution in [0.2, 0.25) is 0 Å². The Kier molecular flexibility index (Phi) is 7.43. The van der Waals surface area contributed by atoms with E-state index < -0.39 is 5.60 Å². The summed E-state index contributed by atoms with van der Waals surface area (Å²) >= 11 is 0. The molecule has 0 unspecified atom stereocenters. The Morgan fingerprint density at radius 3 is 2.71 bits per heavy atom. The second kappa shape index (κ2) is 10.0. The Morgan fingerprint density at radius 1 is 1.18 bits per heavy atom. The van der Waals surface area contributed by atoms with Crippen molar-refractivity contribution in [3.8, 4) is 11.5 Å². The lowest BCUT2D eigenvalue weighted by Gasteiger charge is -2.40. The molecule has 28 heavy (non-hydrogen) atoms. The van der Waals surface area contributed by atoms with Crippen LogP contribution in [0.5, 0.6) is 11.5 Å². The average molecular weight is 387 g/mol. The first kappa shape index (κ1) is 20.8. The molecule has 1 aliphatic heterocycles. The minimum atomic E-state index is -1.16.